The lowest BCUT2D eigenvalue weighted by Crippen LogP contribution is -2.47. The van der Waals surface area contributed by atoms with Gasteiger partial charge in [-0.2, -0.15) is 5.26 Å². The average molecular weight is 230 g/mol. The monoisotopic (exact) mass is 230 g/mol. The van der Waals surface area contributed by atoms with E-state index in [-0.39, 0.29) is 5.92 Å². The number of nitriles is 1. The second-order valence-corrected chi connectivity index (χ2v) is 4.51. The number of hydrogen-bond donors (Lipinski definition) is 0. The van der Waals surface area contributed by atoms with Crippen LogP contribution in [0, 0.1) is 17.2 Å². The summed E-state index contributed by atoms with van der Waals surface area (Å²) in [4.78, 5) is 9.01. The van der Waals surface area contributed by atoms with E-state index in [1.54, 1.807) is 0 Å². The Kier molecular flexibility index (Phi) is 3.94. The first-order chi connectivity index (χ1) is 8.29. The minimum absolute atomic E-state index is 0.122. The van der Waals surface area contributed by atoms with Crippen molar-refractivity contribution in [2.24, 2.45) is 5.92 Å². The molecule has 2 rings (SSSR count). The first-order valence-corrected chi connectivity index (χ1v) is 6.07. The molecule has 1 unspecified atom stereocenters. The highest BCUT2D eigenvalue weighted by Gasteiger charge is 2.18. The number of hydrogen-bond acceptors (Lipinski definition) is 4. The third kappa shape index (κ3) is 3.18. The Labute approximate surface area is 102 Å². The molecule has 2 heterocycles. The maximum absolute atomic E-state index is 8.80. The molecule has 4 heteroatoms. The zero-order valence-electron chi connectivity index (χ0n) is 10.2. The predicted molar refractivity (Wildman–Crippen MR) is 67.7 cm³/mol. The zero-order valence-corrected chi connectivity index (χ0v) is 10.2. The summed E-state index contributed by atoms with van der Waals surface area (Å²) in [6, 6.07) is 8.30. The number of aromatic nitrogens is 1. The van der Waals surface area contributed by atoms with Gasteiger partial charge in [-0.25, -0.2) is 4.98 Å². The van der Waals surface area contributed by atoms with Crippen LogP contribution in [0.3, 0.4) is 0 Å². The fraction of sp³-hybridized carbons (Fsp3) is 0.538. The van der Waals surface area contributed by atoms with E-state index in [1.165, 1.54) is 0 Å². The van der Waals surface area contributed by atoms with Crippen LogP contribution in [0.2, 0.25) is 0 Å². The molecular formula is C13H18N4. The molecule has 1 aliphatic heterocycles. The Morgan fingerprint density at radius 2 is 2.12 bits per heavy atom. The number of anilines is 1. The number of pyridine rings is 1. The number of rotatable bonds is 3. The molecule has 1 saturated heterocycles. The van der Waals surface area contributed by atoms with Crippen LogP contribution in [0.25, 0.3) is 0 Å². The maximum Gasteiger partial charge on any atom is 0.128 e. The molecule has 0 saturated carbocycles. The molecule has 0 spiro atoms. The highest BCUT2D eigenvalue weighted by atomic mass is 15.3. The van der Waals surface area contributed by atoms with Crippen LogP contribution in [-0.4, -0.2) is 42.6 Å². The van der Waals surface area contributed by atoms with E-state index in [9.17, 15) is 0 Å². The van der Waals surface area contributed by atoms with E-state index < -0.39 is 0 Å². The van der Waals surface area contributed by atoms with Gasteiger partial charge in [0.05, 0.1) is 12.0 Å². The van der Waals surface area contributed by atoms with Gasteiger partial charge < -0.3 is 4.90 Å². The lowest BCUT2D eigenvalue weighted by molar-refractivity contribution is 0.241. The molecule has 1 aromatic heterocycles. The lowest BCUT2D eigenvalue weighted by Gasteiger charge is -2.35. The highest BCUT2D eigenvalue weighted by molar-refractivity contribution is 5.38. The van der Waals surface area contributed by atoms with E-state index in [4.69, 9.17) is 5.26 Å². The third-order valence-electron chi connectivity index (χ3n) is 3.10. The second-order valence-electron chi connectivity index (χ2n) is 4.51. The second kappa shape index (κ2) is 5.65. The molecule has 1 aromatic rings. The van der Waals surface area contributed by atoms with Gasteiger partial charge in [-0.15, -0.1) is 0 Å². The van der Waals surface area contributed by atoms with Crippen molar-refractivity contribution in [2.75, 3.05) is 37.6 Å². The van der Waals surface area contributed by atoms with Crippen molar-refractivity contribution in [3.05, 3.63) is 24.4 Å². The summed E-state index contributed by atoms with van der Waals surface area (Å²) < 4.78 is 0. The highest BCUT2D eigenvalue weighted by Crippen LogP contribution is 2.13. The fourth-order valence-corrected chi connectivity index (χ4v) is 2.13. The van der Waals surface area contributed by atoms with Gasteiger partial charge in [0, 0.05) is 38.9 Å². The molecule has 17 heavy (non-hydrogen) atoms. The van der Waals surface area contributed by atoms with Gasteiger partial charge in [0.2, 0.25) is 0 Å². The summed E-state index contributed by atoms with van der Waals surface area (Å²) in [7, 11) is 0. The van der Waals surface area contributed by atoms with Crippen LogP contribution >= 0.6 is 0 Å². The molecule has 0 radical (unpaired) electrons. The Morgan fingerprint density at radius 1 is 1.35 bits per heavy atom. The maximum atomic E-state index is 8.80. The molecule has 4 nitrogen and oxygen atoms in total. The molecule has 90 valence electrons. The minimum Gasteiger partial charge on any atom is -0.354 e. The normalized spacial score (nSPS) is 18.7. The Bertz CT molecular complexity index is 376. The zero-order chi connectivity index (χ0) is 12.1. The lowest BCUT2D eigenvalue weighted by atomic mass is 10.2. The SMILES string of the molecule is CC(C#N)CN1CCN(c2ccccn2)CC1. The minimum atomic E-state index is 0.122. The molecule has 0 aromatic carbocycles. The van der Waals surface area contributed by atoms with E-state index in [0.29, 0.717) is 0 Å². The van der Waals surface area contributed by atoms with Crippen molar-refractivity contribution < 1.29 is 0 Å². The van der Waals surface area contributed by atoms with Crippen LogP contribution in [0.1, 0.15) is 6.92 Å². The smallest absolute Gasteiger partial charge is 0.128 e. The van der Waals surface area contributed by atoms with Gasteiger partial charge >= 0.3 is 0 Å². The summed E-state index contributed by atoms with van der Waals surface area (Å²) in [5.74, 6) is 1.18. The summed E-state index contributed by atoms with van der Waals surface area (Å²) in [6.07, 6.45) is 1.83. The third-order valence-corrected chi connectivity index (χ3v) is 3.10. The summed E-state index contributed by atoms with van der Waals surface area (Å²) in [5, 5.41) is 8.80. The van der Waals surface area contributed by atoms with Gasteiger partial charge in [-0.05, 0) is 19.1 Å². The quantitative estimate of drug-likeness (QED) is 0.786. The standard InChI is InChI=1S/C13H18N4/c1-12(10-14)11-16-6-8-17(9-7-16)13-4-2-3-5-15-13/h2-5,12H,6-9,11H2,1H3. The fourth-order valence-electron chi connectivity index (χ4n) is 2.13. The van der Waals surface area contributed by atoms with Gasteiger partial charge in [0.25, 0.3) is 0 Å². The first-order valence-electron chi connectivity index (χ1n) is 6.07. The van der Waals surface area contributed by atoms with Crippen LogP contribution < -0.4 is 4.90 Å². The van der Waals surface area contributed by atoms with Gasteiger partial charge in [-0.1, -0.05) is 6.07 Å². The van der Waals surface area contributed by atoms with E-state index in [2.05, 4.69) is 20.9 Å². The molecule has 1 fully saturated rings. The van der Waals surface area contributed by atoms with Crippen molar-refractivity contribution in [3.63, 3.8) is 0 Å². The molecule has 0 N–H and O–H groups in total. The summed E-state index contributed by atoms with van der Waals surface area (Å²) in [6.45, 7) is 6.88. The van der Waals surface area contributed by atoms with Crippen LogP contribution in [-0.2, 0) is 0 Å². The van der Waals surface area contributed by atoms with Crippen molar-refractivity contribution in [1.82, 2.24) is 9.88 Å². The number of nitrogens with zero attached hydrogens (tertiary/aromatic N) is 4. The van der Waals surface area contributed by atoms with Crippen LogP contribution in [0.5, 0.6) is 0 Å². The van der Waals surface area contributed by atoms with Gasteiger partial charge in [0.15, 0.2) is 0 Å². The first kappa shape index (κ1) is 11.9. The summed E-state index contributed by atoms with van der Waals surface area (Å²) in [5.41, 5.74) is 0. The topological polar surface area (TPSA) is 43.2 Å². The van der Waals surface area contributed by atoms with Crippen molar-refractivity contribution >= 4 is 5.82 Å². The van der Waals surface area contributed by atoms with Crippen LogP contribution in [0.15, 0.2) is 24.4 Å². The Morgan fingerprint density at radius 3 is 2.71 bits per heavy atom. The molecular weight excluding hydrogens is 212 g/mol. The van der Waals surface area contributed by atoms with Crippen molar-refractivity contribution in [2.45, 2.75) is 6.92 Å². The molecule has 1 atom stereocenters. The largest absolute Gasteiger partial charge is 0.354 e. The van der Waals surface area contributed by atoms with Crippen LogP contribution in [0.4, 0.5) is 5.82 Å². The van der Waals surface area contributed by atoms with Gasteiger partial charge in [-0.3, -0.25) is 4.90 Å². The summed E-state index contributed by atoms with van der Waals surface area (Å²) >= 11 is 0. The van der Waals surface area contributed by atoms with Crippen molar-refractivity contribution in [1.29, 1.82) is 5.26 Å². The number of piperazine rings is 1. The predicted octanol–water partition coefficient (Wildman–Crippen LogP) is 1.36. The van der Waals surface area contributed by atoms with E-state index >= 15 is 0 Å². The molecule has 0 bridgehead atoms. The average Bonchev–Trinajstić information content (AvgIpc) is 2.40. The van der Waals surface area contributed by atoms with E-state index in [0.717, 1.165) is 38.5 Å². The van der Waals surface area contributed by atoms with Crippen molar-refractivity contribution in [3.8, 4) is 6.07 Å². The molecule has 1 aliphatic rings. The Hall–Kier alpha value is -1.60. The molecule has 0 amide bonds. The van der Waals surface area contributed by atoms with Gasteiger partial charge in [0.1, 0.15) is 5.82 Å². The van der Waals surface area contributed by atoms with E-state index in [1.807, 2.05) is 31.3 Å². The molecule has 0 aliphatic carbocycles. The Balaban J connectivity index is 1.85.